The summed E-state index contributed by atoms with van der Waals surface area (Å²) < 4.78 is 18.4. The van der Waals surface area contributed by atoms with Gasteiger partial charge in [0.25, 0.3) is 0 Å². The minimum absolute atomic E-state index is 0.216. The number of benzene rings is 2. The van der Waals surface area contributed by atoms with Gasteiger partial charge in [-0.1, -0.05) is 37.6 Å². The molecule has 0 unspecified atom stereocenters. The van der Waals surface area contributed by atoms with Crippen molar-refractivity contribution in [1.82, 2.24) is 0 Å². The molecule has 2 aromatic carbocycles. The largest absolute Gasteiger partial charge is 0.494 e. The van der Waals surface area contributed by atoms with E-state index in [9.17, 15) is 4.39 Å². The number of hydrogen-bond donors (Lipinski definition) is 0. The van der Waals surface area contributed by atoms with Crippen LogP contribution in [0.3, 0.4) is 0 Å². The third-order valence-corrected chi connectivity index (χ3v) is 3.45. The zero-order valence-electron chi connectivity index (χ0n) is 13.5. The highest BCUT2D eigenvalue weighted by Crippen LogP contribution is 2.16. The van der Waals surface area contributed by atoms with Crippen molar-refractivity contribution in [1.29, 1.82) is 0 Å². The van der Waals surface area contributed by atoms with Crippen LogP contribution >= 0.6 is 0 Å². The Morgan fingerprint density at radius 2 is 1.65 bits per heavy atom. The Labute approximate surface area is 136 Å². The zero-order chi connectivity index (χ0) is 16.5. The number of aryl methyl sites for hydroxylation is 1. The van der Waals surface area contributed by atoms with E-state index in [0.717, 1.165) is 12.0 Å². The van der Waals surface area contributed by atoms with Gasteiger partial charge in [0.1, 0.15) is 0 Å². The van der Waals surface area contributed by atoms with Gasteiger partial charge in [-0.3, -0.25) is 0 Å². The Balaban J connectivity index is 1.94. The number of ether oxygens (including phenoxy) is 1. The summed E-state index contributed by atoms with van der Waals surface area (Å²) in [6.45, 7) is 2.19. The summed E-state index contributed by atoms with van der Waals surface area (Å²) in [7, 11) is 1.43. The van der Waals surface area contributed by atoms with Gasteiger partial charge < -0.3 is 4.74 Å². The summed E-state index contributed by atoms with van der Waals surface area (Å²) in [4.78, 5) is 0. The third kappa shape index (κ3) is 5.33. The first-order chi connectivity index (χ1) is 11.2. The van der Waals surface area contributed by atoms with Crippen LogP contribution < -0.4 is 4.74 Å². The molecule has 0 aromatic heterocycles. The molecule has 2 aromatic rings. The van der Waals surface area contributed by atoms with E-state index in [4.69, 9.17) is 4.74 Å². The first kappa shape index (κ1) is 16.9. The lowest BCUT2D eigenvalue weighted by atomic mass is 10.1. The Morgan fingerprint density at radius 1 is 1.00 bits per heavy atom. The van der Waals surface area contributed by atoms with Crippen LogP contribution in [0.4, 0.5) is 4.39 Å². The summed E-state index contributed by atoms with van der Waals surface area (Å²) in [5.41, 5.74) is 2.96. The molecule has 4 heteroatoms. The normalized spacial score (nSPS) is 11.4. The fourth-order valence-electron chi connectivity index (χ4n) is 2.11. The molecule has 0 heterocycles. The van der Waals surface area contributed by atoms with Gasteiger partial charge >= 0.3 is 0 Å². The number of methoxy groups -OCH3 is 1. The molecule has 3 nitrogen and oxygen atoms in total. The molecule has 2 rings (SSSR count). The highest BCUT2D eigenvalue weighted by Gasteiger charge is 2.01. The highest BCUT2D eigenvalue weighted by molar-refractivity contribution is 5.82. The van der Waals surface area contributed by atoms with Crippen molar-refractivity contribution in [2.24, 2.45) is 10.2 Å². The van der Waals surface area contributed by atoms with Gasteiger partial charge in [0, 0.05) is 0 Å². The molecule has 0 saturated heterocycles. The molecule has 0 radical (unpaired) electrons. The number of rotatable bonds is 7. The van der Waals surface area contributed by atoms with Crippen molar-refractivity contribution in [2.75, 3.05) is 7.11 Å². The first-order valence-electron chi connectivity index (χ1n) is 7.72. The molecular formula is C19H21FN2O. The van der Waals surface area contributed by atoms with E-state index < -0.39 is 5.82 Å². The smallest absolute Gasteiger partial charge is 0.165 e. The molecule has 0 saturated carbocycles. The van der Waals surface area contributed by atoms with Crippen LogP contribution in [0.25, 0.3) is 0 Å². The molecule has 0 fully saturated rings. The summed E-state index contributed by atoms with van der Waals surface area (Å²) in [5.74, 6) is -0.197. The average molecular weight is 312 g/mol. The van der Waals surface area contributed by atoms with Gasteiger partial charge in [0.15, 0.2) is 11.6 Å². The highest BCUT2D eigenvalue weighted by atomic mass is 19.1. The van der Waals surface area contributed by atoms with Crippen molar-refractivity contribution < 1.29 is 9.13 Å². The van der Waals surface area contributed by atoms with Gasteiger partial charge in [0.2, 0.25) is 0 Å². The maximum Gasteiger partial charge on any atom is 0.165 e. The van der Waals surface area contributed by atoms with Crippen LogP contribution in [0.1, 0.15) is 36.5 Å². The van der Waals surface area contributed by atoms with Crippen LogP contribution in [0.5, 0.6) is 5.75 Å². The van der Waals surface area contributed by atoms with E-state index in [1.54, 1.807) is 18.3 Å². The van der Waals surface area contributed by atoms with Crippen molar-refractivity contribution in [3.63, 3.8) is 0 Å². The maximum atomic E-state index is 13.5. The second-order valence-electron chi connectivity index (χ2n) is 5.23. The van der Waals surface area contributed by atoms with E-state index in [-0.39, 0.29) is 5.75 Å². The number of hydrogen-bond acceptors (Lipinski definition) is 3. The quantitative estimate of drug-likeness (QED) is 0.542. The molecule has 0 atom stereocenters. The Bertz CT molecular complexity index is 678. The van der Waals surface area contributed by atoms with Gasteiger partial charge in [-0.15, -0.1) is 0 Å². The summed E-state index contributed by atoms with van der Waals surface area (Å²) in [5, 5.41) is 7.93. The average Bonchev–Trinajstić information content (AvgIpc) is 2.58. The lowest BCUT2D eigenvalue weighted by Gasteiger charge is -2.01. The molecule has 0 spiro atoms. The van der Waals surface area contributed by atoms with Crippen molar-refractivity contribution >= 4 is 12.4 Å². The van der Waals surface area contributed by atoms with E-state index in [1.165, 1.54) is 37.8 Å². The first-order valence-corrected chi connectivity index (χ1v) is 7.72. The summed E-state index contributed by atoms with van der Waals surface area (Å²) >= 11 is 0. The number of nitrogens with zero attached hydrogens (tertiary/aromatic N) is 2. The monoisotopic (exact) mass is 312 g/mol. The minimum Gasteiger partial charge on any atom is -0.494 e. The van der Waals surface area contributed by atoms with Crippen molar-refractivity contribution in [2.45, 2.75) is 26.2 Å². The fourth-order valence-corrected chi connectivity index (χ4v) is 2.11. The third-order valence-electron chi connectivity index (χ3n) is 3.45. The van der Waals surface area contributed by atoms with E-state index >= 15 is 0 Å². The molecule has 0 aliphatic rings. The van der Waals surface area contributed by atoms with Crippen LogP contribution in [-0.4, -0.2) is 19.5 Å². The van der Waals surface area contributed by atoms with Crippen molar-refractivity contribution in [3.05, 3.63) is 65.0 Å². The molecule has 120 valence electrons. The number of unbranched alkanes of at least 4 members (excludes halogenated alkanes) is 1. The van der Waals surface area contributed by atoms with Gasteiger partial charge in [-0.05, 0) is 47.7 Å². The second-order valence-corrected chi connectivity index (χ2v) is 5.23. The predicted octanol–water partition coefficient (Wildman–Crippen LogP) is 4.63. The van der Waals surface area contributed by atoms with Crippen molar-refractivity contribution in [3.8, 4) is 5.75 Å². The molecule has 0 aliphatic carbocycles. The molecule has 0 N–H and O–H groups in total. The van der Waals surface area contributed by atoms with E-state index in [0.29, 0.717) is 5.56 Å². The topological polar surface area (TPSA) is 34.0 Å². The van der Waals surface area contributed by atoms with E-state index in [2.05, 4.69) is 29.3 Å². The summed E-state index contributed by atoms with van der Waals surface area (Å²) in [6.07, 6.45) is 6.70. The Morgan fingerprint density at radius 3 is 2.26 bits per heavy atom. The van der Waals surface area contributed by atoms with Gasteiger partial charge in [0.05, 0.1) is 19.5 Å². The van der Waals surface area contributed by atoms with Crippen LogP contribution in [0.2, 0.25) is 0 Å². The van der Waals surface area contributed by atoms with Crippen LogP contribution in [0.15, 0.2) is 52.7 Å². The Hall–Kier alpha value is -2.49. The maximum absolute atomic E-state index is 13.5. The Kier molecular flexibility index (Phi) is 6.48. The number of halogens is 1. The fraction of sp³-hybridized carbons (Fsp3) is 0.263. The van der Waals surface area contributed by atoms with Crippen LogP contribution in [0, 0.1) is 5.82 Å². The molecular weight excluding hydrogens is 291 g/mol. The zero-order valence-corrected chi connectivity index (χ0v) is 13.5. The molecule has 23 heavy (non-hydrogen) atoms. The minimum atomic E-state index is -0.414. The molecule has 0 bridgehead atoms. The molecule has 0 aliphatic heterocycles. The SMILES string of the molecule is CCCCc1ccc(C=NN=Cc2ccc(OC)c(F)c2)cc1. The van der Waals surface area contributed by atoms with Crippen LogP contribution in [-0.2, 0) is 6.42 Å². The summed E-state index contributed by atoms with van der Waals surface area (Å²) in [6, 6.07) is 12.9. The standard InChI is InChI=1S/C19H21FN2O/c1-3-4-5-15-6-8-16(9-7-15)13-21-22-14-17-10-11-19(23-2)18(20)12-17/h6-14H,3-5H2,1-2H3. The van der Waals surface area contributed by atoms with E-state index in [1.807, 2.05) is 12.1 Å². The lowest BCUT2D eigenvalue weighted by molar-refractivity contribution is 0.386. The van der Waals surface area contributed by atoms with Gasteiger partial charge in [-0.2, -0.15) is 10.2 Å². The predicted molar refractivity (Wildman–Crippen MR) is 93.2 cm³/mol. The second kappa shape index (κ2) is 8.83. The molecule has 0 amide bonds. The van der Waals surface area contributed by atoms with Gasteiger partial charge in [-0.25, -0.2) is 4.39 Å². The lowest BCUT2D eigenvalue weighted by Crippen LogP contribution is -1.90.